The molecule has 11 heteroatoms. The lowest BCUT2D eigenvalue weighted by Crippen LogP contribution is -2.57. The van der Waals surface area contributed by atoms with Crippen molar-refractivity contribution in [3.63, 3.8) is 0 Å². The summed E-state index contributed by atoms with van der Waals surface area (Å²) >= 11 is 0.900. The zero-order valence-electron chi connectivity index (χ0n) is 14.4. The van der Waals surface area contributed by atoms with Gasteiger partial charge in [0.2, 0.25) is 0 Å². The number of piperidine rings is 1. The fourth-order valence-corrected chi connectivity index (χ4v) is 4.21. The third kappa shape index (κ3) is 2.69. The Morgan fingerprint density at radius 2 is 1.89 bits per heavy atom. The van der Waals surface area contributed by atoms with E-state index in [-0.39, 0.29) is 30.1 Å². The molecule has 3 aliphatic heterocycles. The lowest BCUT2D eigenvalue weighted by molar-refractivity contribution is -0.273. The van der Waals surface area contributed by atoms with Crippen LogP contribution in [-0.4, -0.2) is 50.7 Å². The number of carbonyl (C=O) groups is 2. The molecule has 3 atom stereocenters. The van der Waals surface area contributed by atoms with Gasteiger partial charge in [0.1, 0.15) is 12.4 Å². The quantitative estimate of drug-likeness (QED) is 0.533. The number of halogens is 1. The molecule has 4 heterocycles. The fraction of sp³-hybridized carbons (Fsp3) is 0.412. The number of rotatable bonds is 5. The average molecular weight is 407 g/mol. The minimum absolute atomic E-state index is 0.00495. The van der Waals surface area contributed by atoms with Crippen molar-refractivity contribution in [3.05, 3.63) is 35.6 Å². The van der Waals surface area contributed by atoms with Gasteiger partial charge in [0, 0.05) is 19.0 Å². The molecule has 5 rings (SSSR count). The summed E-state index contributed by atoms with van der Waals surface area (Å²) in [7, 11) is 0. The zero-order valence-corrected chi connectivity index (χ0v) is 15.2. The smallest absolute Gasteiger partial charge is 0.422 e. The highest BCUT2D eigenvalue weighted by molar-refractivity contribution is 6.99. The fourth-order valence-electron chi connectivity index (χ4n) is 3.77. The van der Waals surface area contributed by atoms with E-state index in [1.807, 2.05) is 0 Å². The van der Waals surface area contributed by atoms with E-state index < -0.39 is 24.0 Å². The van der Waals surface area contributed by atoms with Crippen molar-refractivity contribution >= 4 is 23.7 Å². The van der Waals surface area contributed by atoms with Gasteiger partial charge in [-0.15, -0.1) is 8.75 Å². The molecule has 0 saturated carbocycles. The molecule has 2 aromatic rings. The first-order valence-corrected chi connectivity index (χ1v) is 9.36. The molecule has 28 heavy (non-hydrogen) atoms. The van der Waals surface area contributed by atoms with Crippen LogP contribution in [0.25, 0.3) is 0 Å². The van der Waals surface area contributed by atoms with Crippen molar-refractivity contribution in [1.82, 2.24) is 13.6 Å². The number of fused-ring (bicyclic) bond motifs is 3. The topological polar surface area (TPSA) is 100 Å². The van der Waals surface area contributed by atoms with Crippen LogP contribution in [0.2, 0.25) is 0 Å². The van der Waals surface area contributed by atoms with Crippen molar-refractivity contribution in [2.24, 2.45) is 5.92 Å². The molecule has 0 amide bonds. The van der Waals surface area contributed by atoms with Crippen LogP contribution in [-0.2, 0) is 25.7 Å². The van der Waals surface area contributed by atoms with E-state index in [0.29, 0.717) is 13.1 Å². The van der Waals surface area contributed by atoms with E-state index in [4.69, 9.17) is 18.9 Å². The van der Waals surface area contributed by atoms with Gasteiger partial charge in [-0.1, -0.05) is 12.1 Å². The lowest BCUT2D eigenvalue weighted by atomic mass is 9.99. The first-order chi connectivity index (χ1) is 13.5. The summed E-state index contributed by atoms with van der Waals surface area (Å²) in [5.41, 5.74) is 0.751. The van der Waals surface area contributed by atoms with Crippen LogP contribution in [0, 0.1) is 11.7 Å². The standard InChI is InChI=1S/C17H14FN3O6S/c18-11-3-1-9(2-4-11)8-24-13-14(20-28-19-13)25-12-10-5-6-21(7-10)17(12)26-15(22)16(23)27-17/h1-4,10,12H,5-8H2. The monoisotopic (exact) mass is 407 g/mol. The van der Waals surface area contributed by atoms with E-state index in [9.17, 15) is 14.0 Å². The molecule has 9 nitrogen and oxygen atoms in total. The maximum absolute atomic E-state index is 13.0. The van der Waals surface area contributed by atoms with Gasteiger partial charge in [0.15, 0.2) is 6.10 Å². The van der Waals surface area contributed by atoms with Crippen LogP contribution in [0.4, 0.5) is 4.39 Å². The summed E-state index contributed by atoms with van der Waals surface area (Å²) in [6, 6.07) is 5.88. The van der Waals surface area contributed by atoms with Crippen LogP contribution in [0.15, 0.2) is 24.3 Å². The highest BCUT2D eigenvalue weighted by Gasteiger charge is 2.69. The summed E-state index contributed by atoms with van der Waals surface area (Å²) in [5.74, 6) is -3.67. The van der Waals surface area contributed by atoms with Crippen LogP contribution < -0.4 is 9.47 Å². The van der Waals surface area contributed by atoms with Gasteiger partial charge in [-0.05, 0) is 24.1 Å². The molecule has 0 aliphatic carbocycles. The van der Waals surface area contributed by atoms with Crippen molar-refractivity contribution in [3.8, 4) is 11.8 Å². The molecule has 0 radical (unpaired) electrons. The molecule has 3 fully saturated rings. The molecule has 1 spiro atoms. The molecule has 2 bridgehead atoms. The van der Waals surface area contributed by atoms with Crippen LogP contribution in [0.3, 0.4) is 0 Å². The SMILES string of the molecule is O=C1OC2(OC1=O)C(Oc1nsnc1OCc1ccc(F)cc1)C1CCN2C1. The third-order valence-electron chi connectivity index (χ3n) is 5.06. The van der Waals surface area contributed by atoms with Gasteiger partial charge in [0.05, 0.1) is 11.7 Å². The average Bonchev–Trinajstić information content (AvgIpc) is 3.43. The van der Waals surface area contributed by atoms with Crippen LogP contribution >= 0.6 is 11.7 Å². The first-order valence-electron chi connectivity index (χ1n) is 8.63. The Bertz CT molecular complexity index is 919. The normalized spacial score (nSPS) is 27.1. The summed E-state index contributed by atoms with van der Waals surface area (Å²) in [5, 5.41) is 0. The maximum atomic E-state index is 13.0. The highest BCUT2D eigenvalue weighted by Crippen LogP contribution is 2.47. The second kappa shape index (κ2) is 6.38. The number of benzene rings is 1. The Kier molecular flexibility index (Phi) is 3.95. The van der Waals surface area contributed by atoms with Gasteiger partial charge in [-0.3, -0.25) is 0 Å². The number of esters is 2. The zero-order chi connectivity index (χ0) is 19.3. The van der Waals surface area contributed by atoms with Gasteiger partial charge in [-0.2, -0.15) is 0 Å². The van der Waals surface area contributed by atoms with Gasteiger partial charge in [0.25, 0.3) is 11.8 Å². The summed E-state index contributed by atoms with van der Waals surface area (Å²) < 4.78 is 43.4. The molecule has 0 N–H and O–H groups in total. The third-order valence-corrected chi connectivity index (χ3v) is 5.55. The van der Waals surface area contributed by atoms with Crippen molar-refractivity contribution in [2.45, 2.75) is 25.0 Å². The first kappa shape index (κ1) is 17.3. The van der Waals surface area contributed by atoms with E-state index >= 15 is 0 Å². The minimum atomic E-state index is -1.56. The summed E-state index contributed by atoms with van der Waals surface area (Å²) in [4.78, 5) is 25.1. The number of nitrogens with zero attached hydrogens (tertiary/aromatic N) is 3. The van der Waals surface area contributed by atoms with Crippen molar-refractivity contribution in [1.29, 1.82) is 0 Å². The number of hydrogen-bond donors (Lipinski definition) is 0. The molecular formula is C17H14FN3O6S. The predicted molar refractivity (Wildman–Crippen MR) is 89.7 cm³/mol. The molecule has 146 valence electrons. The number of aromatic nitrogens is 2. The Balaban J connectivity index is 1.34. The number of carbonyl (C=O) groups excluding carboxylic acids is 2. The second-order valence-electron chi connectivity index (χ2n) is 6.73. The molecule has 3 saturated heterocycles. The maximum Gasteiger partial charge on any atom is 0.422 e. The van der Waals surface area contributed by atoms with Gasteiger partial charge < -0.3 is 18.9 Å². The van der Waals surface area contributed by atoms with Gasteiger partial charge in [-0.25, -0.2) is 18.9 Å². The lowest BCUT2D eigenvalue weighted by Gasteiger charge is -2.36. The molecular weight excluding hydrogens is 393 g/mol. The van der Waals surface area contributed by atoms with E-state index in [0.717, 1.165) is 23.7 Å². The number of hydrogen-bond acceptors (Lipinski definition) is 10. The Morgan fingerprint density at radius 3 is 2.64 bits per heavy atom. The predicted octanol–water partition coefficient (Wildman–Crippen LogP) is 1.09. The molecule has 1 aromatic heterocycles. The van der Waals surface area contributed by atoms with E-state index in [2.05, 4.69) is 8.75 Å². The van der Waals surface area contributed by atoms with Crippen LogP contribution in [0.1, 0.15) is 12.0 Å². The molecule has 1 aromatic carbocycles. The Morgan fingerprint density at radius 1 is 1.18 bits per heavy atom. The highest BCUT2D eigenvalue weighted by atomic mass is 32.1. The minimum Gasteiger partial charge on any atom is -0.468 e. The van der Waals surface area contributed by atoms with Crippen LogP contribution in [0.5, 0.6) is 11.8 Å². The van der Waals surface area contributed by atoms with Crippen molar-refractivity contribution in [2.75, 3.05) is 13.1 Å². The van der Waals surface area contributed by atoms with Crippen molar-refractivity contribution < 1.29 is 32.9 Å². The molecule has 3 unspecified atom stereocenters. The largest absolute Gasteiger partial charge is 0.468 e. The molecule has 3 aliphatic rings. The number of ether oxygens (including phenoxy) is 4. The second-order valence-corrected chi connectivity index (χ2v) is 7.26. The van der Waals surface area contributed by atoms with E-state index in [1.54, 1.807) is 17.0 Å². The Labute approximate surface area is 162 Å². The van der Waals surface area contributed by atoms with Gasteiger partial charge >= 0.3 is 17.8 Å². The Hall–Kier alpha value is -2.79. The van der Waals surface area contributed by atoms with E-state index in [1.165, 1.54) is 12.1 Å². The summed E-state index contributed by atoms with van der Waals surface area (Å²) in [6.45, 7) is 1.36. The summed E-state index contributed by atoms with van der Waals surface area (Å²) in [6.07, 6.45) is 0.0823.